The molecule has 2 heterocycles. The Morgan fingerprint density at radius 3 is 2.86 bits per heavy atom. The number of nitrogens with one attached hydrogen (secondary N) is 2. The molecule has 21 heavy (non-hydrogen) atoms. The van der Waals surface area contributed by atoms with Crippen LogP contribution in [0.3, 0.4) is 0 Å². The maximum Gasteiger partial charge on any atom is 0.319 e. The number of allylic oxidation sites excluding steroid dienone is 1. The van der Waals surface area contributed by atoms with Crippen molar-refractivity contribution in [1.82, 2.24) is 10.6 Å². The maximum atomic E-state index is 12.2. The molecule has 0 bridgehead atoms. The van der Waals surface area contributed by atoms with Crippen molar-refractivity contribution in [1.29, 1.82) is 0 Å². The van der Waals surface area contributed by atoms with E-state index in [1.165, 1.54) is 0 Å². The highest BCUT2D eigenvalue weighted by atomic mass is 16.7. The lowest BCUT2D eigenvalue weighted by Gasteiger charge is -2.32. The van der Waals surface area contributed by atoms with Gasteiger partial charge in [-0.05, 0) is 30.5 Å². The number of carbonyl (C=O) groups excluding carboxylic acids is 2. The first-order chi connectivity index (χ1) is 10.2. The SMILES string of the molecule is O=C1NC2=C(C(=O)CCC2)[C@H](c2ccc3c(c2)OCO3)N1. The molecule has 1 aliphatic carbocycles. The van der Waals surface area contributed by atoms with Gasteiger partial charge in [-0.1, -0.05) is 6.07 Å². The standard InChI is InChI=1S/C15H14N2O4/c18-10-3-1-2-9-13(10)14(17-15(19)16-9)8-4-5-11-12(6-8)21-7-20-11/h4-6,14H,1-3,7H2,(H2,16,17,19)/t14-/m0/s1. The van der Waals surface area contributed by atoms with Gasteiger partial charge in [0.1, 0.15) is 0 Å². The molecular formula is C15H14N2O4. The van der Waals surface area contributed by atoms with Crippen LogP contribution < -0.4 is 20.1 Å². The maximum absolute atomic E-state index is 12.2. The molecule has 0 radical (unpaired) electrons. The molecule has 0 saturated carbocycles. The summed E-state index contributed by atoms with van der Waals surface area (Å²) in [4.78, 5) is 24.1. The third kappa shape index (κ3) is 1.94. The zero-order valence-corrected chi connectivity index (χ0v) is 11.3. The van der Waals surface area contributed by atoms with Crippen LogP contribution in [0.2, 0.25) is 0 Å². The highest BCUT2D eigenvalue weighted by Gasteiger charge is 2.34. The van der Waals surface area contributed by atoms with Gasteiger partial charge in [0.25, 0.3) is 0 Å². The number of urea groups is 1. The van der Waals surface area contributed by atoms with E-state index in [9.17, 15) is 9.59 Å². The fraction of sp³-hybridized carbons (Fsp3) is 0.333. The summed E-state index contributed by atoms with van der Waals surface area (Å²) >= 11 is 0. The Kier molecular flexibility index (Phi) is 2.63. The average Bonchev–Trinajstić information content (AvgIpc) is 2.93. The largest absolute Gasteiger partial charge is 0.454 e. The summed E-state index contributed by atoms with van der Waals surface area (Å²) in [5.41, 5.74) is 2.24. The normalized spacial score (nSPS) is 23.5. The van der Waals surface area contributed by atoms with E-state index in [1.807, 2.05) is 12.1 Å². The Hall–Kier alpha value is -2.50. The van der Waals surface area contributed by atoms with Crippen LogP contribution in [0.5, 0.6) is 11.5 Å². The molecule has 4 rings (SSSR count). The zero-order chi connectivity index (χ0) is 14.4. The molecule has 2 aliphatic heterocycles. The molecule has 1 atom stereocenters. The van der Waals surface area contributed by atoms with Gasteiger partial charge < -0.3 is 20.1 Å². The third-order valence-corrected chi connectivity index (χ3v) is 4.01. The molecule has 6 nitrogen and oxygen atoms in total. The lowest BCUT2D eigenvalue weighted by Crippen LogP contribution is -2.46. The van der Waals surface area contributed by atoms with Gasteiger partial charge in [-0.3, -0.25) is 4.79 Å². The summed E-state index contributed by atoms with van der Waals surface area (Å²) in [7, 11) is 0. The lowest BCUT2D eigenvalue weighted by atomic mass is 9.85. The zero-order valence-electron chi connectivity index (χ0n) is 11.3. The monoisotopic (exact) mass is 286 g/mol. The smallest absolute Gasteiger partial charge is 0.319 e. The van der Waals surface area contributed by atoms with E-state index in [0.717, 1.165) is 24.1 Å². The van der Waals surface area contributed by atoms with E-state index in [-0.39, 0.29) is 18.6 Å². The molecule has 2 N–H and O–H groups in total. The van der Waals surface area contributed by atoms with Crippen molar-refractivity contribution in [3.8, 4) is 11.5 Å². The fourth-order valence-corrected chi connectivity index (χ4v) is 3.05. The molecule has 0 spiro atoms. The van der Waals surface area contributed by atoms with E-state index in [4.69, 9.17) is 9.47 Å². The molecule has 0 aromatic heterocycles. The van der Waals surface area contributed by atoms with Crippen molar-refractivity contribution in [2.45, 2.75) is 25.3 Å². The number of hydrogen-bond donors (Lipinski definition) is 2. The number of amides is 2. The minimum atomic E-state index is -0.420. The number of benzene rings is 1. The van der Waals surface area contributed by atoms with E-state index < -0.39 is 6.04 Å². The van der Waals surface area contributed by atoms with Crippen molar-refractivity contribution >= 4 is 11.8 Å². The first-order valence-corrected chi connectivity index (χ1v) is 6.96. The van der Waals surface area contributed by atoms with Crippen LogP contribution in [0.1, 0.15) is 30.9 Å². The minimum Gasteiger partial charge on any atom is -0.454 e. The summed E-state index contributed by atoms with van der Waals surface area (Å²) in [5, 5.41) is 5.58. The van der Waals surface area contributed by atoms with Crippen LogP contribution in [-0.2, 0) is 4.79 Å². The fourth-order valence-electron chi connectivity index (χ4n) is 3.05. The molecule has 1 aromatic carbocycles. The second kappa shape index (κ2) is 4.51. The molecule has 6 heteroatoms. The molecule has 0 unspecified atom stereocenters. The highest BCUT2D eigenvalue weighted by Crippen LogP contribution is 2.38. The molecule has 2 amide bonds. The van der Waals surface area contributed by atoms with Crippen molar-refractivity contribution in [2.24, 2.45) is 0 Å². The minimum absolute atomic E-state index is 0.0893. The molecule has 108 valence electrons. The topological polar surface area (TPSA) is 76.7 Å². The highest BCUT2D eigenvalue weighted by molar-refractivity contribution is 6.01. The molecule has 1 aromatic rings. The molecule has 0 saturated heterocycles. The summed E-state index contributed by atoms with van der Waals surface area (Å²) in [6.07, 6.45) is 2.04. The number of Topliss-reactive ketones (excluding diaryl/α,β-unsaturated/α-hetero) is 1. The van der Waals surface area contributed by atoms with Crippen LogP contribution in [0, 0.1) is 0 Å². The number of hydrogen-bond acceptors (Lipinski definition) is 4. The summed E-state index contributed by atoms with van der Waals surface area (Å²) in [5.74, 6) is 1.42. The number of rotatable bonds is 1. The Morgan fingerprint density at radius 1 is 1.10 bits per heavy atom. The van der Waals surface area contributed by atoms with Crippen LogP contribution in [0.25, 0.3) is 0 Å². The predicted molar refractivity (Wildman–Crippen MR) is 72.9 cm³/mol. The van der Waals surface area contributed by atoms with Gasteiger partial charge in [0.05, 0.1) is 6.04 Å². The Bertz CT molecular complexity index is 680. The average molecular weight is 286 g/mol. The van der Waals surface area contributed by atoms with Gasteiger partial charge in [0.15, 0.2) is 17.3 Å². The van der Waals surface area contributed by atoms with Crippen molar-refractivity contribution in [3.63, 3.8) is 0 Å². The van der Waals surface area contributed by atoms with Crippen molar-refractivity contribution < 1.29 is 19.1 Å². The van der Waals surface area contributed by atoms with E-state index in [1.54, 1.807) is 6.07 Å². The first-order valence-electron chi connectivity index (χ1n) is 6.96. The van der Waals surface area contributed by atoms with E-state index >= 15 is 0 Å². The summed E-state index contributed by atoms with van der Waals surface area (Å²) in [6, 6.07) is 4.79. The van der Waals surface area contributed by atoms with Gasteiger partial charge in [-0.15, -0.1) is 0 Å². The second-order valence-electron chi connectivity index (χ2n) is 5.31. The predicted octanol–water partition coefficient (Wildman–Crippen LogP) is 1.78. The van der Waals surface area contributed by atoms with E-state index in [0.29, 0.717) is 23.5 Å². The number of ketones is 1. The van der Waals surface area contributed by atoms with Gasteiger partial charge in [0, 0.05) is 17.7 Å². The van der Waals surface area contributed by atoms with Crippen LogP contribution in [-0.4, -0.2) is 18.6 Å². The Balaban J connectivity index is 1.79. The summed E-state index contributed by atoms with van der Waals surface area (Å²) in [6.45, 7) is 0.199. The van der Waals surface area contributed by atoms with Crippen LogP contribution in [0.4, 0.5) is 4.79 Å². The molecule has 0 fully saturated rings. The van der Waals surface area contributed by atoms with Gasteiger partial charge >= 0.3 is 6.03 Å². The van der Waals surface area contributed by atoms with Crippen molar-refractivity contribution in [3.05, 3.63) is 35.0 Å². The van der Waals surface area contributed by atoms with Crippen LogP contribution in [0.15, 0.2) is 29.5 Å². The first kappa shape index (κ1) is 12.3. The number of ether oxygens (including phenoxy) is 2. The Labute approximate surface area is 121 Å². The molecular weight excluding hydrogens is 272 g/mol. The molecule has 3 aliphatic rings. The van der Waals surface area contributed by atoms with Gasteiger partial charge in [-0.2, -0.15) is 0 Å². The third-order valence-electron chi connectivity index (χ3n) is 4.01. The quantitative estimate of drug-likeness (QED) is 0.825. The number of carbonyl (C=O) groups is 2. The lowest BCUT2D eigenvalue weighted by molar-refractivity contribution is -0.116. The van der Waals surface area contributed by atoms with Gasteiger partial charge in [-0.25, -0.2) is 4.79 Å². The Morgan fingerprint density at radius 2 is 1.95 bits per heavy atom. The second-order valence-corrected chi connectivity index (χ2v) is 5.31. The summed E-state index contributed by atoms with van der Waals surface area (Å²) < 4.78 is 10.7. The van der Waals surface area contributed by atoms with Crippen LogP contribution >= 0.6 is 0 Å². The van der Waals surface area contributed by atoms with E-state index in [2.05, 4.69) is 10.6 Å². The van der Waals surface area contributed by atoms with Gasteiger partial charge in [0.2, 0.25) is 6.79 Å². The number of fused-ring (bicyclic) bond motifs is 1. The van der Waals surface area contributed by atoms with Crippen molar-refractivity contribution in [2.75, 3.05) is 6.79 Å².